The van der Waals surface area contributed by atoms with Crippen molar-refractivity contribution in [2.45, 2.75) is 37.8 Å². The standard InChI is InChI=1S/C10H20N2O4S2/c1-17(13,14)8-18(15,16)12(10-4-5-10)7-9-3-2-6-11-9/h9-11H,2-8H2,1H3. The lowest BCUT2D eigenvalue weighted by molar-refractivity contribution is 0.364. The Morgan fingerprint density at radius 3 is 2.28 bits per heavy atom. The minimum absolute atomic E-state index is 0.0131. The van der Waals surface area contributed by atoms with Crippen LogP contribution in [-0.4, -0.2) is 57.7 Å². The molecule has 0 amide bonds. The van der Waals surface area contributed by atoms with E-state index in [0.29, 0.717) is 6.54 Å². The first-order valence-electron chi connectivity index (χ1n) is 6.18. The Morgan fingerprint density at radius 2 is 1.83 bits per heavy atom. The Kier molecular flexibility index (Phi) is 4.01. The summed E-state index contributed by atoms with van der Waals surface area (Å²) in [6.07, 6.45) is 4.65. The van der Waals surface area contributed by atoms with Crippen LogP contribution in [0, 0.1) is 0 Å². The Bertz CT molecular complexity index is 490. The zero-order chi connectivity index (χ0) is 13.4. The SMILES string of the molecule is CS(=O)(=O)CS(=O)(=O)N(CC1CCCN1)C1CC1. The van der Waals surface area contributed by atoms with Crippen LogP contribution in [0.4, 0.5) is 0 Å². The molecule has 1 atom stereocenters. The topological polar surface area (TPSA) is 83.5 Å². The average Bonchev–Trinajstić information content (AvgIpc) is 2.88. The van der Waals surface area contributed by atoms with Crippen molar-refractivity contribution in [1.29, 1.82) is 0 Å². The van der Waals surface area contributed by atoms with E-state index in [0.717, 1.165) is 38.5 Å². The van der Waals surface area contributed by atoms with Crippen molar-refractivity contribution < 1.29 is 16.8 Å². The molecule has 1 heterocycles. The number of sulfone groups is 1. The van der Waals surface area contributed by atoms with Crippen molar-refractivity contribution in [3.8, 4) is 0 Å². The van der Waals surface area contributed by atoms with E-state index >= 15 is 0 Å². The normalized spacial score (nSPS) is 25.8. The van der Waals surface area contributed by atoms with Crippen LogP contribution in [0.3, 0.4) is 0 Å². The zero-order valence-corrected chi connectivity index (χ0v) is 12.1. The van der Waals surface area contributed by atoms with Gasteiger partial charge in [0.1, 0.15) is 0 Å². The van der Waals surface area contributed by atoms with Gasteiger partial charge in [0.15, 0.2) is 14.9 Å². The van der Waals surface area contributed by atoms with E-state index in [2.05, 4.69) is 5.32 Å². The number of nitrogens with zero attached hydrogens (tertiary/aromatic N) is 1. The molecule has 1 aliphatic carbocycles. The molecule has 1 N–H and O–H groups in total. The van der Waals surface area contributed by atoms with E-state index in [4.69, 9.17) is 0 Å². The number of hydrogen-bond acceptors (Lipinski definition) is 5. The van der Waals surface area contributed by atoms with Crippen molar-refractivity contribution in [2.24, 2.45) is 0 Å². The lowest BCUT2D eigenvalue weighted by Gasteiger charge is -2.24. The second kappa shape index (κ2) is 5.07. The molecular weight excluding hydrogens is 276 g/mol. The van der Waals surface area contributed by atoms with Gasteiger partial charge < -0.3 is 5.32 Å². The molecule has 0 aromatic rings. The van der Waals surface area contributed by atoms with Crippen molar-refractivity contribution >= 4 is 19.9 Å². The van der Waals surface area contributed by atoms with Gasteiger partial charge >= 0.3 is 0 Å². The van der Waals surface area contributed by atoms with E-state index in [1.165, 1.54) is 4.31 Å². The number of nitrogens with one attached hydrogen (secondary N) is 1. The minimum atomic E-state index is -3.70. The average molecular weight is 296 g/mol. The van der Waals surface area contributed by atoms with Crippen molar-refractivity contribution in [1.82, 2.24) is 9.62 Å². The molecule has 2 aliphatic rings. The van der Waals surface area contributed by atoms with Crippen LogP contribution in [0.25, 0.3) is 0 Å². The first-order chi connectivity index (χ1) is 8.28. The molecule has 18 heavy (non-hydrogen) atoms. The van der Waals surface area contributed by atoms with Gasteiger partial charge in [0, 0.05) is 24.9 Å². The smallest absolute Gasteiger partial charge is 0.228 e. The van der Waals surface area contributed by atoms with E-state index in [9.17, 15) is 16.8 Å². The van der Waals surface area contributed by atoms with Crippen LogP contribution < -0.4 is 5.32 Å². The number of rotatable bonds is 6. The fourth-order valence-electron chi connectivity index (χ4n) is 2.32. The van der Waals surface area contributed by atoms with E-state index in [1.807, 2.05) is 0 Å². The maximum Gasteiger partial charge on any atom is 0.228 e. The van der Waals surface area contributed by atoms with Gasteiger partial charge in [-0.1, -0.05) is 0 Å². The Labute approximate surface area is 109 Å². The number of sulfonamides is 1. The van der Waals surface area contributed by atoms with Crippen LogP contribution >= 0.6 is 0 Å². The van der Waals surface area contributed by atoms with Gasteiger partial charge in [0.05, 0.1) is 0 Å². The lowest BCUT2D eigenvalue weighted by atomic mass is 10.2. The van der Waals surface area contributed by atoms with Gasteiger partial charge in [-0.15, -0.1) is 0 Å². The second-order valence-electron chi connectivity index (χ2n) is 5.25. The maximum absolute atomic E-state index is 12.1. The second-order valence-corrected chi connectivity index (χ2v) is 9.68. The summed E-state index contributed by atoms with van der Waals surface area (Å²) >= 11 is 0. The quantitative estimate of drug-likeness (QED) is 0.717. The summed E-state index contributed by atoms with van der Waals surface area (Å²) in [6, 6.07) is 0.180. The summed E-state index contributed by atoms with van der Waals surface area (Å²) in [7, 11) is -7.22. The van der Waals surface area contributed by atoms with Gasteiger partial charge in [-0.05, 0) is 32.2 Å². The van der Waals surface area contributed by atoms with Crippen molar-refractivity contribution in [3.05, 3.63) is 0 Å². The third-order valence-electron chi connectivity index (χ3n) is 3.24. The summed E-state index contributed by atoms with van der Waals surface area (Å²) in [5, 5.41) is 2.47. The molecule has 0 spiro atoms. The molecule has 1 saturated heterocycles. The summed E-state index contributed by atoms with van der Waals surface area (Å²) in [5.74, 6) is 0. The predicted octanol–water partition coefficient (Wildman–Crippen LogP) is -0.465. The van der Waals surface area contributed by atoms with Gasteiger partial charge in [-0.2, -0.15) is 4.31 Å². The van der Waals surface area contributed by atoms with E-state index in [1.54, 1.807) is 0 Å². The Morgan fingerprint density at radius 1 is 1.17 bits per heavy atom. The molecule has 0 aromatic carbocycles. The molecule has 8 heteroatoms. The van der Waals surface area contributed by atoms with Crippen LogP contribution in [0.5, 0.6) is 0 Å². The highest BCUT2D eigenvalue weighted by Gasteiger charge is 2.40. The monoisotopic (exact) mass is 296 g/mol. The minimum Gasteiger partial charge on any atom is -0.313 e. The molecule has 106 valence electrons. The van der Waals surface area contributed by atoms with Crippen LogP contribution in [-0.2, 0) is 19.9 Å². The molecule has 1 saturated carbocycles. The zero-order valence-electron chi connectivity index (χ0n) is 10.5. The molecular formula is C10H20N2O4S2. The van der Waals surface area contributed by atoms with Crippen molar-refractivity contribution in [2.75, 3.05) is 24.4 Å². The molecule has 0 bridgehead atoms. The fourth-order valence-corrected chi connectivity index (χ4v) is 6.10. The highest BCUT2D eigenvalue weighted by molar-refractivity contribution is 8.06. The molecule has 0 radical (unpaired) electrons. The van der Waals surface area contributed by atoms with Crippen molar-refractivity contribution in [3.63, 3.8) is 0 Å². The fraction of sp³-hybridized carbons (Fsp3) is 1.00. The van der Waals surface area contributed by atoms with E-state index in [-0.39, 0.29) is 12.1 Å². The predicted molar refractivity (Wildman–Crippen MR) is 69.4 cm³/mol. The van der Waals surface area contributed by atoms with Gasteiger partial charge in [-0.25, -0.2) is 16.8 Å². The molecule has 6 nitrogen and oxygen atoms in total. The largest absolute Gasteiger partial charge is 0.313 e. The first kappa shape index (κ1) is 14.2. The van der Waals surface area contributed by atoms with Crippen LogP contribution in [0.15, 0.2) is 0 Å². The molecule has 1 unspecified atom stereocenters. The lowest BCUT2D eigenvalue weighted by Crippen LogP contribution is -2.44. The summed E-state index contributed by atoms with van der Waals surface area (Å²) in [5.41, 5.74) is 0. The van der Waals surface area contributed by atoms with Gasteiger partial charge in [0.25, 0.3) is 0 Å². The van der Waals surface area contributed by atoms with Crippen LogP contribution in [0.1, 0.15) is 25.7 Å². The van der Waals surface area contributed by atoms with Gasteiger partial charge in [0.2, 0.25) is 10.0 Å². The molecule has 2 rings (SSSR count). The third kappa shape index (κ3) is 3.91. The molecule has 1 aliphatic heterocycles. The summed E-state index contributed by atoms with van der Waals surface area (Å²) in [6.45, 7) is 1.32. The van der Waals surface area contributed by atoms with Crippen LogP contribution in [0.2, 0.25) is 0 Å². The summed E-state index contributed by atoms with van der Waals surface area (Å²) < 4.78 is 48.1. The molecule has 2 fully saturated rings. The van der Waals surface area contributed by atoms with E-state index < -0.39 is 24.9 Å². The molecule has 0 aromatic heterocycles. The van der Waals surface area contributed by atoms with Gasteiger partial charge in [-0.3, -0.25) is 0 Å². The first-order valence-corrected chi connectivity index (χ1v) is 9.85. The maximum atomic E-state index is 12.1. The highest BCUT2D eigenvalue weighted by atomic mass is 32.3. The summed E-state index contributed by atoms with van der Waals surface area (Å²) in [4.78, 5) is 0. The number of hydrogen-bond donors (Lipinski definition) is 1. The highest BCUT2D eigenvalue weighted by Crippen LogP contribution is 2.30. The third-order valence-corrected chi connectivity index (χ3v) is 7.30. The Hall–Kier alpha value is -0.180. The Balaban J connectivity index is 2.08.